The summed E-state index contributed by atoms with van der Waals surface area (Å²) < 4.78 is 2.04. The maximum Gasteiger partial charge on any atom is 0.253 e. The van der Waals surface area contributed by atoms with E-state index in [0.29, 0.717) is 12.0 Å². The highest BCUT2D eigenvalue weighted by Gasteiger charge is 2.34. The molecule has 0 amide bonds. The first-order valence-corrected chi connectivity index (χ1v) is 12.2. The molecule has 0 bridgehead atoms. The first kappa shape index (κ1) is 21.3. The molecular formula is C25H34N6O. The lowest BCUT2D eigenvalue weighted by Gasteiger charge is -2.36. The number of piperidine rings is 1. The van der Waals surface area contributed by atoms with Crippen molar-refractivity contribution in [1.82, 2.24) is 30.1 Å². The highest BCUT2D eigenvalue weighted by atomic mass is 16.1. The van der Waals surface area contributed by atoms with Gasteiger partial charge in [-0.25, -0.2) is 4.68 Å². The van der Waals surface area contributed by atoms with Crippen LogP contribution < -0.4 is 5.56 Å². The van der Waals surface area contributed by atoms with Crippen LogP contribution in [0.1, 0.15) is 86.5 Å². The Kier molecular flexibility index (Phi) is 5.84. The van der Waals surface area contributed by atoms with E-state index < -0.39 is 0 Å². The highest BCUT2D eigenvalue weighted by Crippen LogP contribution is 2.35. The van der Waals surface area contributed by atoms with Gasteiger partial charge in [0.2, 0.25) is 0 Å². The van der Waals surface area contributed by atoms with Crippen molar-refractivity contribution in [3.8, 4) is 0 Å². The molecule has 1 N–H and O–H groups in total. The Balaban J connectivity index is 1.65. The number of H-pyrrole nitrogens is 1. The molecular weight excluding hydrogens is 400 g/mol. The predicted molar refractivity (Wildman–Crippen MR) is 126 cm³/mol. The zero-order valence-corrected chi connectivity index (χ0v) is 19.5. The molecule has 2 aliphatic rings. The van der Waals surface area contributed by atoms with Gasteiger partial charge in [-0.3, -0.25) is 9.69 Å². The molecule has 1 saturated heterocycles. The number of likely N-dealkylation sites (tertiary alicyclic amines) is 1. The zero-order valence-electron chi connectivity index (χ0n) is 19.5. The second-order valence-corrected chi connectivity index (χ2v) is 9.94. The van der Waals surface area contributed by atoms with Crippen LogP contribution in [0.2, 0.25) is 0 Å². The van der Waals surface area contributed by atoms with Gasteiger partial charge < -0.3 is 4.98 Å². The number of aromatic amines is 1. The van der Waals surface area contributed by atoms with Gasteiger partial charge in [0.1, 0.15) is 6.04 Å². The Morgan fingerprint density at radius 2 is 1.75 bits per heavy atom. The molecule has 2 aromatic heterocycles. The number of hydrogen-bond donors (Lipinski definition) is 1. The van der Waals surface area contributed by atoms with Gasteiger partial charge in [-0.2, -0.15) is 0 Å². The van der Waals surface area contributed by atoms with E-state index in [4.69, 9.17) is 0 Å². The number of aromatic nitrogens is 5. The maximum absolute atomic E-state index is 13.5. The fraction of sp³-hybridized carbons (Fsp3) is 0.600. The summed E-state index contributed by atoms with van der Waals surface area (Å²) >= 11 is 0. The molecule has 2 fully saturated rings. The van der Waals surface area contributed by atoms with E-state index in [1.807, 2.05) is 11.6 Å². The molecule has 1 saturated carbocycles. The molecule has 1 aliphatic heterocycles. The summed E-state index contributed by atoms with van der Waals surface area (Å²) in [5.74, 6) is 1.53. The summed E-state index contributed by atoms with van der Waals surface area (Å²) in [6.07, 6.45) is 8.18. The van der Waals surface area contributed by atoms with Crippen molar-refractivity contribution in [1.29, 1.82) is 0 Å². The number of pyridine rings is 1. The summed E-state index contributed by atoms with van der Waals surface area (Å²) in [4.78, 5) is 19.1. The second-order valence-electron chi connectivity index (χ2n) is 9.94. The Morgan fingerprint density at radius 1 is 1.03 bits per heavy atom. The van der Waals surface area contributed by atoms with Gasteiger partial charge in [-0.05, 0) is 86.2 Å². The lowest BCUT2D eigenvalue weighted by Crippen LogP contribution is -2.40. The van der Waals surface area contributed by atoms with Gasteiger partial charge in [-0.15, -0.1) is 5.10 Å². The minimum absolute atomic E-state index is 0.0342. The van der Waals surface area contributed by atoms with Crippen LogP contribution in [0.4, 0.5) is 0 Å². The third-order valence-electron chi connectivity index (χ3n) is 7.63. The van der Waals surface area contributed by atoms with Crippen molar-refractivity contribution in [3.63, 3.8) is 0 Å². The second kappa shape index (κ2) is 8.77. The van der Waals surface area contributed by atoms with Gasteiger partial charge in [0.25, 0.3) is 5.56 Å². The molecule has 1 unspecified atom stereocenters. The van der Waals surface area contributed by atoms with Crippen LogP contribution in [0.5, 0.6) is 0 Å². The van der Waals surface area contributed by atoms with E-state index in [2.05, 4.69) is 57.5 Å². The SMILES string of the molecule is Cc1ccc(C)c2[nH]c(=O)c(C(c3nnnn3C3CCCCC3)N3CCC(C)CC3)cc12. The first-order valence-electron chi connectivity index (χ1n) is 12.2. The molecule has 5 rings (SSSR count). The minimum atomic E-state index is -0.229. The molecule has 3 heterocycles. The summed E-state index contributed by atoms with van der Waals surface area (Å²) in [5, 5.41) is 14.2. The molecule has 3 aromatic rings. The van der Waals surface area contributed by atoms with Gasteiger partial charge >= 0.3 is 0 Å². The summed E-state index contributed by atoms with van der Waals surface area (Å²) in [5.41, 5.74) is 3.91. The number of tetrazole rings is 1. The molecule has 1 aromatic carbocycles. The Bertz CT molecular complexity index is 1150. The third-order valence-corrected chi connectivity index (χ3v) is 7.63. The normalized spacial score (nSPS) is 20.1. The molecule has 170 valence electrons. The predicted octanol–water partition coefficient (Wildman–Crippen LogP) is 4.46. The molecule has 1 aliphatic carbocycles. The van der Waals surface area contributed by atoms with Crippen LogP contribution in [0, 0.1) is 19.8 Å². The number of aryl methyl sites for hydroxylation is 2. The van der Waals surface area contributed by atoms with Crippen LogP contribution >= 0.6 is 0 Å². The average Bonchev–Trinajstić information content (AvgIpc) is 3.28. The number of fused-ring (bicyclic) bond motifs is 1. The first-order chi connectivity index (χ1) is 15.5. The van der Waals surface area contributed by atoms with Crippen LogP contribution in [0.25, 0.3) is 10.9 Å². The van der Waals surface area contributed by atoms with Gasteiger partial charge in [0.05, 0.1) is 11.6 Å². The zero-order chi connectivity index (χ0) is 22.2. The lowest BCUT2D eigenvalue weighted by molar-refractivity contribution is 0.146. The van der Waals surface area contributed by atoms with Crippen molar-refractivity contribution in [2.45, 2.75) is 77.8 Å². The summed E-state index contributed by atoms with van der Waals surface area (Å²) in [7, 11) is 0. The molecule has 1 atom stereocenters. The van der Waals surface area contributed by atoms with Crippen molar-refractivity contribution < 1.29 is 0 Å². The summed E-state index contributed by atoms with van der Waals surface area (Å²) in [6.45, 7) is 8.37. The van der Waals surface area contributed by atoms with Gasteiger partial charge in [0, 0.05) is 10.9 Å². The van der Waals surface area contributed by atoms with Crippen molar-refractivity contribution in [3.05, 3.63) is 51.1 Å². The molecule has 0 spiro atoms. The van der Waals surface area contributed by atoms with Crippen molar-refractivity contribution in [2.24, 2.45) is 5.92 Å². The standard InChI is InChI=1S/C25H34N6O/c1-16-11-13-30(14-12-16)23(24-27-28-29-31(24)19-7-5-4-6-8-19)21-15-20-17(2)9-10-18(3)22(20)26-25(21)32/h9-10,15-16,19,23H,4-8,11-14H2,1-3H3,(H,26,32). The number of rotatable bonds is 4. The Hall–Kier alpha value is -2.54. The van der Waals surface area contributed by atoms with E-state index in [1.165, 1.54) is 24.8 Å². The monoisotopic (exact) mass is 434 g/mol. The van der Waals surface area contributed by atoms with E-state index in [0.717, 1.165) is 66.6 Å². The minimum Gasteiger partial charge on any atom is -0.321 e. The average molecular weight is 435 g/mol. The van der Waals surface area contributed by atoms with Gasteiger partial charge in [0.15, 0.2) is 5.82 Å². The molecule has 0 radical (unpaired) electrons. The maximum atomic E-state index is 13.5. The third kappa shape index (κ3) is 3.87. The van der Waals surface area contributed by atoms with E-state index in [-0.39, 0.29) is 11.6 Å². The van der Waals surface area contributed by atoms with E-state index in [9.17, 15) is 4.79 Å². The fourth-order valence-electron chi connectivity index (χ4n) is 5.55. The molecule has 7 heteroatoms. The van der Waals surface area contributed by atoms with Crippen LogP contribution in [0.15, 0.2) is 23.0 Å². The fourth-order valence-corrected chi connectivity index (χ4v) is 5.55. The molecule has 7 nitrogen and oxygen atoms in total. The topological polar surface area (TPSA) is 79.7 Å². The number of nitrogens with zero attached hydrogens (tertiary/aromatic N) is 5. The Morgan fingerprint density at radius 3 is 2.50 bits per heavy atom. The highest BCUT2D eigenvalue weighted by molar-refractivity contribution is 5.85. The van der Waals surface area contributed by atoms with Crippen LogP contribution in [0.3, 0.4) is 0 Å². The summed E-state index contributed by atoms with van der Waals surface area (Å²) in [6, 6.07) is 6.39. The number of nitrogens with one attached hydrogen (secondary N) is 1. The van der Waals surface area contributed by atoms with E-state index in [1.54, 1.807) is 0 Å². The number of hydrogen-bond acceptors (Lipinski definition) is 5. The van der Waals surface area contributed by atoms with Crippen molar-refractivity contribution in [2.75, 3.05) is 13.1 Å². The smallest absolute Gasteiger partial charge is 0.253 e. The van der Waals surface area contributed by atoms with Crippen LogP contribution in [-0.2, 0) is 0 Å². The Labute approximate surface area is 189 Å². The van der Waals surface area contributed by atoms with Crippen molar-refractivity contribution >= 4 is 10.9 Å². The lowest BCUT2D eigenvalue weighted by atomic mass is 9.93. The van der Waals surface area contributed by atoms with Gasteiger partial charge in [-0.1, -0.05) is 38.3 Å². The quantitative estimate of drug-likeness (QED) is 0.656. The molecule has 32 heavy (non-hydrogen) atoms. The number of benzene rings is 1. The van der Waals surface area contributed by atoms with E-state index >= 15 is 0 Å². The van der Waals surface area contributed by atoms with Crippen LogP contribution in [-0.4, -0.2) is 43.2 Å². The largest absolute Gasteiger partial charge is 0.321 e.